The van der Waals surface area contributed by atoms with Gasteiger partial charge < -0.3 is 10.2 Å². The molecule has 0 radical (unpaired) electrons. The third kappa shape index (κ3) is 4.25. The summed E-state index contributed by atoms with van der Waals surface area (Å²) in [7, 11) is 0. The molecule has 1 atom stereocenters. The van der Waals surface area contributed by atoms with Crippen molar-refractivity contribution < 1.29 is 13.2 Å². The Morgan fingerprint density at radius 1 is 1.04 bits per heavy atom. The summed E-state index contributed by atoms with van der Waals surface area (Å²) in [5, 5.41) is 3.32. The van der Waals surface area contributed by atoms with E-state index in [-0.39, 0.29) is 6.04 Å². The fourth-order valence-corrected chi connectivity index (χ4v) is 3.56. The third-order valence-corrected chi connectivity index (χ3v) is 4.82. The van der Waals surface area contributed by atoms with E-state index in [1.165, 1.54) is 25.0 Å². The summed E-state index contributed by atoms with van der Waals surface area (Å²) in [5.74, 6) is 0. The zero-order chi connectivity index (χ0) is 16.3. The van der Waals surface area contributed by atoms with Crippen molar-refractivity contribution in [2.45, 2.75) is 25.1 Å². The van der Waals surface area contributed by atoms with Crippen LogP contribution in [0, 0.1) is 0 Å². The Morgan fingerprint density at radius 2 is 1.74 bits per heavy atom. The second-order valence-corrected chi connectivity index (χ2v) is 6.43. The van der Waals surface area contributed by atoms with Crippen LogP contribution in [0.5, 0.6) is 0 Å². The van der Waals surface area contributed by atoms with Gasteiger partial charge in [-0.2, -0.15) is 13.2 Å². The van der Waals surface area contributed by atoms with Crippen LogP contribution < -0.4 is 5.32 Å². The molecule has 2 heterocycles. The Balaban J connectivity index is 1.84. The average Bonchev–Trinajstić information content (AvgIpc) is 3.06. The minimum absolute atomic E-state index is 0.0394. The Bertz CT molecular complexity index is 506. The van der Waals surface area contributed by atoms with Gasteiger partial charge in [-0.1, -0.05) is 12.1 Å². The van der Waals surface area contributed by atoms with Crippen molar-refractivity contribution in [1.29, 1.82) is 0 Å². The smallest absolute Gasteiger partial charge is 0.314 e. The number of halogens is 3. The van der Waals surface area contributed by atoms with Crippen LogP contribution in [0.25, 0.3) is 0 Å². The molecule has 0 amide bonds. The molecule has 3 nitrogen and oxygen atoms in total. The summed E-state index contributed by atoms with van der Waals surface area (Å²) in [4.78, 5) is 4.71. The minimum atomic E-state index is -4.28. The molecule has 3 rings (SSSR count). The van der Waals surface area contributed by atoms with Gasteiger partial charge in [0.1, 0.15) is 0 Å². The predicted octanol–water partition coefficient (Wildman–Crippen LogP) is 2.75. The van der Waals surface area contributed by atoms with Gasteiger partial charge in [0.15, 0.2) is 0 Å². The number of nitrogens with one attached hydrogen (secondary N) is 1. The van der Waals surface area contributed by atoms with Gasteiger partial charge >= 0.3 is 6.18 Å². The van der Waals surface area contributed by atoms with E-state index in [4.69, 9.17) is 0 Å². The highest BCUT2D eigenvalue weighted by Gasteiger charge is 2.32. The van der Waals surface area contributed by atoms with E-state index in [2.05, 4.69) is 15.1 Å². The standard InChI is InChI=1S/C17H24F3N3/c18-17(19,20)15-5-3-4-14(12-15)16(13-22-8-1-2-9-22)23-10-6-21-7-11-23/h3-5,12,16,21H,1-2,6-11,13H2. The molecule has 6 heteroatoms. The molecular weight excluding hydrogens is 303 g/mol. The highest BCUT2D eigenvalue weighted by atomic mass is 19.4. The molecule has 1 N–H and O–H groups in total. The van der Waals surface area contributed by atoms with Crippen LogP contribution in [0.1, 0.15) is 30.0 Å². The monoisotopic (exact) mass is 327 g/mol. The number of nitrogens with zero attached hydrogens (tertiary/aromatic N) is 2. The number of alkyl halides is 3. The summed E-state index contributed by atoms with van der Waals surface area (Å²) >= 11 is 0. The number of likely N-dealkylation sites (tertiary alicyclic amines) is 1. The number of piperazine rings is 1. The summed E-state index contributed by atoms with van der Waals surface area (Å²) < 4.78 is 39.1. The quantitative estimate of drug-likeness (QED) is 0.917. The van der Waals surface area contributed by atoms with Crippen molar-refractivity contribution in [2.24, 2.45) is 0 Å². The maximum absolute atomic E-state index is 13.0. The second kappa shape index (κ2) is 7.20. The molecule has 1 aromatic carbocycles. The van der Waals surface area contributed by atoms with Crippen LogP contribution >= 0.6 is 0 Å². The van der Waals surface area contributed by atoms with E-state index in [0.29, 0.717) is 0 Å². The summed E-state index contributed by atoms with van der Waals surface area (Å²) in [6, 6.07) is 5.92. The Kier molecular flexibility index (Phi) is 5.24. The lowest BCUT2D eigenvalue weighted by Gasteiger charge is -2.37. The lowest BCUT2D eigenvalue weighted by molar-refractivity contribution is -0.137. The molecule has 0 saturated carbocycles. The van der Waals surface area contributed by atoms with Crippen molar-refractivity contribution in [1.82, 2.24) is 15.1 Å². The Morgan fingerprint density at radius 3 is 2.39 bits per heavy atom. The average molecular weight is 327 g/mol. The number of hydrogen-bond donors (Lipinski definition) is 1. The van der Waals surface area contributed by atoms with Crippen molar-refractivity contribution in [2.75, 3.05) is 45.8 Å². The molecule has 2 aliphatic heterocycles. The first kappa shape index (κ1) is 16.7. The highest BCUT2D eigenvalue weighted by Crippen LogP contribution is 2.32. The van der Waals surface area contributed by atoms with Crippen molar-refractivity contribution >= 4 is 0 Å². The van der Waals surface area contributed by atoms with Crippen molar-refractivity contribution in [3.8, 4) is 0 Å². The minimum Gasteiger partial charge on any atom is -0.314 e. The lowest BCUT2D eigenvalue weighted by Crippen LogP contribution is -2.47. The molecule has 2 aliphatic rings. The molecule has 0 bridgehead atoms. The second-order valence-electron chi connectivity index (χ2n) is 6.43. The molecule has 0 aliphatic carbocycles. The largest absolute Gasteiger partial charge is 0.416 e. The molecule has 0 aromatic heterocycles. The fraction of sp³-hybridized carbons (Fsp3) is 0.647. The van der Waals surface area contributed by atoms with E-state index in [9.17, 15) is 13.2 Å². The fourth-order valence-electron chi connectivity index (χ4n) is 3.56. The van der Waals surface area contributed by atoms with Crippen molar-refractivity contribution in [3.05, 3.63) is 35.4 Å². The van der Waals surface area contributed by atoms with Crippen molar-refractivity contribution in [3.63, 3.8) is 0 Å². The van der Waals surface area contributed by atoms with Gasteiger partial charge in [-0.25, -0.2) is 0 Å². The summed E-state index contributed by atoms with van der Waals surface area (Å²) in [6.45, 7) is 6.50. The first-order valence-electron chi connectivity index (χ1n) is 8.38. The van der Waals surface area contributed by atoms with Crippen LogP contribution in [0.3, 0.4) is 0 Å². The summed E-state index contributed by atoms with van der Waals surface area (Å²) in [5.41, 5.74) is 0.241. The molecular formula is C17H24F3N3. The normalized spacial score (nSPS) is 22.4. The van der Waals surface area contributed by atoms with Gasteiger partial charge in [-0.3, -0.25) is 4.90 Å². The Labute approximate surface area is 135 Å². The van der Waals surface area contributed by atoms with Gasteiger partial charge in [0.25, 0.3) is 0 Å². The lowest BCUT2D eigenvalue weighted by atomic mass is 10.0. The van der Waals surface area contributed by atoms with Gasteiger partial charge in [-0.15, -0.1) is 0 Å². The van der Waals surface area contributed by atoms with Crippen LogP contribution in [0.15, 0.2) is 24.3 Å². The first-order valence-corrected chi connectivity index (χ1v) is 8.38. The highest BCUT2D eigenvalue weighted by molar-refractivity contribution is 5.28. The van der Waals surface area contributed by atoms with E-state index < -0.39 is 11.7 Å². The third-order valence-electron chi connectivity index (χ3n) is 4.82. The Hall–Kier alpha value is -1.11. The number of hydrogen-bond acceptors (Lipinski definition) is 3. The van der Waals surface area contributed by atoms with Gasteiger partial charge in [0.05, 0.1) is 5.56 Å². The molecule has 2 saturated heterocycles. The van der Waals surface area contributed by atoms with E-state index >= 15 is 0 Å². The molecule has 1 unspecified atom stereocenters. The maximum Gasteiger partial charge on any atom is 0.416 e. The van der Waals surface area contributed by atoms with Gasteiger partial charge in [0, 0.05) is 38.8 Å². The molecule has 23 heavy (non-hydrogen) atoms. The summed E-state index contributed by atoms with van der Waals surface area (Å²) in [6.07, 6.45) is -1.90. The van der Waals surface area contributed by atoms with E-state index in [0.717, 1.165) is 57.4 Å². The molecule has 128 valence electrons. The molecule has 2 fully saturated rings. The zero-order valence-corrected chi connectivity index (χ0v) is 13.3. The number of benzene rings is 1. The van der Waals surface area contributed by atoms with E-state index in [1.54, 1.807) is 0 Å². The van der Waals surface area contributed by atoms with E-state index in [1.807, 2.05) is 6.07 Å². The zero-order valence-electron chi connectivity index (χ0n) is 13.3. The topological polar surface area (TPSA) is 18.5 Å². The van der Waals surface area contributed by atoms with Crippen LogP contribution in [-0.4, -0.2) is 55.6 Å². The van der Waals surface area contributed by atoms with Crippen LogP contribution in [-0.2, 0) is 6.18 Å². The molecule has 0 spiro atoms. The number of rotatable bonds is 4. The maximum atomic E-state index is 13.0. The molecule has 1 aromatic rings. The van der Waals surface area contributed by atoms with Crippen LogP contribution in [0.4, 0.5) is 13.2 Å². The van der Waals surface area contributed by atoms with Gasteiger partial charge in [-0.05, 0) is 43.6 Å². The predicted molar refractivity (Wildman–Crippen MR) is 84.3 cm³/mol. The SMILES string of the molecule is FC(F)(F)c1cccc(C(CN2CCCC2)N2CCNCC2)c1. The first-order chi connectivity index (χ1) is 11.0. The van der Waals surface area contributed by atoms with Crippen LogP contribution in [0.2, 0.25) is 0 Å². The van der Waals surface area contributed by atoms with Gasteiger partial charge in [0.2, 0.25) is 0 Å².